The Hall–Kier alpha value is -0.670. The molecule has 6 nitrogen and oxygen atoms in total. The van der Waals surface area contributed by atoms with Gasteiger partial charge in [0.15, 0.2) is 0 Å². The van der Waals surface area contributed by atoms with Gasteiger partial charge in [0.1, 0.15) is 4.21 Å². The molecular weight excluding hydrogens is 370 g/mol. The lowest BCUT2D eigenvalue weighted by molar-refractivity contribution is -0.126. The molecule has 0 radical (unpaired) electrons. The number of sulfonamides is 1. The van der Waals surface area contributed by atoms with Crippen LogP contribution in [0.4, 0.5) is 0 Å². The Labute approximate surface area is 154 Å². The maximum absolute atomic E-state index is 12.7. The van der Waals surface area contributed by atoms with Crippen molar-refractivity contribution in [1.29, 1.82) is 0 Å². The highest BCUT2D eigenvalue weighted by Gasteiger charge is 2.33. The summed E-state index contributed by atoms with van der Waals surface area (Å²) in [5, 5.41) is 2.89. The summed E-state index contributed by atoms with van der Waals surface area (Å²) in [5.74, 6) is -0.318. The van der Waals surface area contributed by atoms with Crippen molar-refractivity contribution in [1.82, 2.24) is 9.62 Å². The largest absolute Gasteiger partial charge is 0.356 e. The highest BCUT2D eigenvalue weighted by Crippen LogP contribution is 2.28. The topological polar surface area (TPSA) is 92.5 Å². The predicted molar refractivity (Wildman–Crippen MR) is 99.1 cm³/mol. The molecule has 1 amide bonds. The lowest BCUT2D eigenvalue weighted by Crippen LogP contribution is -2.45. The summed E-state index contributed by atoms with van der Waals surface area (Å²) >= 11 is 1.28. The molecule has 24 heavy (non-hydrogen) atoms. The van der Waals surface area contributed by atoms with Crippen LogP contribution < -0.4 is 11.1 Å². The molecule has 0 aliphatic carbocycles. The Balaban J connectivity index is 0.00000288. The third kappa shape index (κ3) is 5.42. The van der Waals surface area contributed by atoms with E-state index in [2.05, 4.69) is 5.32 Å². The van der Waals surface area contributed by atoms with E-state index in [0.29, 0.717) is 30.3 Å². The Bertz CT molecular complexity index is 634. The molecule has 1 unspecified atom stereocenters. The van der Waals surface area contributed by atoms with Gasteiger partial charge < -0.3 is 11.1 Å². The average molecular weight is 396 g/mol. The molecule has 2 rings (SSSR count). The quantitative estimate of drug-likeness (QED) is 0.687. The van der Waals surface area contributed by atoms with Gasteiger partial charge in [-0.3, -0.25) is 4.79 Å². The van der Waals surface area contributed by atoms with Crippen LogP contribution in [0.15, 0.2) is 16.3 Å². The number of thiophene rings is 1. The predicted octanol–water partition coefficient (Wildman–Crippen LogP) is 1.73. The minimum Gasteiger partial charge on any atom is -0.356 e. The van der Waals surface area contributed by atoms with E-state index in [9.17, 15) is 13.2 Å². The van der Waals surface area contributed by atoms with Crippen molar-refractivity contribution in [2.45, 2.75) is 36.8 Å². The molecule has 0 bridgehead atoms. The smallest absolute Gasteiger partial charge is 0.252 e. The molecule has 0 aromatic carbocycles. The fourth-order valence-electron chi connectivity index (χ4n) is 2.68. The number of halogens is 1. The Morgan fingerprint density at radius 2 is 2.17 bits per heavy atom. The SMILES string of the molecule is Cc1ccc(S(=O)(=O)N2CCCC(C(=O)NCCCCN)C2)s1.Cl. The van der Waals surface area contributed by atoms with Crippen LogP contribution in [-0.4, -0.2) is 44.8 Å². The van der Waals surface area contributed by atoms with Crippen molar-refractivity contribution in [2.75, 3.05) is 26.2 Å². The summed E-state index contributed by atoms with van der Waals surface area (Å²) in [6, 6.07) is 3.45. The molecular formula is C15H26ClN3O3S2. The third-order valence-electron chi connectivity index (χ3n) is 3.99. The Morgan fingerprint density at radius 3 is 2.79 bits per heavy atom. The number of unbranched alkanes of at least 4 members (excludes halogenated alkanes) is 1. The fourth-order valence-corrected chi connectivity index (χ4v) is 5.64. The summed E-state index contributed by atoms with van der Waals surface area (Å²) in [6.07, 6.45) is 3.18. The molecule has 1 aromatic heterocycles. The van der Waals surface area contributed by atoms with Gasteiger partial charge in [-0.2, -0.15) is 4.31 Å². The Morgan fingerprint density at radius 1 is 1.42 bits per heavy atom. The van der Waals surface area contributed by atoms with Crippen molar-refractivity contribution in [3.8, 4) is 0 Å². The number of aryl methyl sites for hydroxylation is 1. The van der Waals surface area contributed by atoms with E-state index in [0.717, 1.165) is 24.1 Å². The van der Waals surface area contributed by atoms with E-state index in [-0.39, 0.29) is 30.8 Å². The normalized spacial score (nSPS) is 18.8. The zero-order valence-electron chi connectivity index (χ0n) is 13.9. The summed E-state index contributed by atoms with van der Waals surface area (Å²) in [4.78, 5) is 13.2. The van der Waals surface area contributed by atoms with E-state index >= 15 is 0 Å². The van der Waals surface area contributed by atoms with Gasteiger partial charge in [0.25, 0.3) is 10.0 Å². The molecule has 1 atom stereocenters. The molecule has 1 fully saturated rings. The number of carbonyl (C=O) groups excluding carboxylic acids is 1. The number of nitrogens with two attached hydrogens (primary N) is 1. The van der Waals surface area contributed by atoms with E-state index in [4.69, 9.17) is 5.73 Å². The molecule has 0 spiro atoms. The van der Waals surface area contributed by atoms with Gasteiger partial charge >= 0.3 is 0 Å². The first-order chi connectivity index (χ1) is 10.9. The first kappa shape index (κ1) is 21.4. The van der Waals surface area contributed by atoms with Crippen molar-refractivity contribution in [3.05, 3.63) is 17.0 Å². The summed E-state index contributed by atoms with van der Waals surface area (Å²) < 4.78 is 27.1. The minimum atomic E-state index is -3.48. The van der Waals surface area contributed by atoms with Gasteiger partial charge in [-0.25, -0.2) is 8.42 Å². The van der Waals surface area contributed by atoms with Crippen molar-refractivity contribution >= 4 is 39.7 Å². The first-order valence-corrected chi connectivity index (χ1v) is 10.2. The second-order valence-electron chi connectivity index (χ2n) is 5.85. The highest BCUT2D eigenvalue weighted by molar-refractivity contribution is 7.91. The van der Waals surface area contributed by atoms with E-state index in [1.54, 1.807) is 6.07 Å². The summed E-state index contributed by atoms with van der Waals surface area (Å²) in [7, 11) is -3.48. The molecule has 1 aliphatic rings. The van der Waals surface area contributed by atoms with Crippen LogP contribution in [0, 0.1) is 12.8 Å². The lowest BCUT2D eigenvalue weighted by Gasteiger charge is -2.30. The van der Waals surface area contributed by atoms with Crippen LogP contribution in [0.2, 0.25) is 0 Å². The van der Waals surface area contributed by atoms with Crippen LogP contribution in [-0.2, 0) is 14.8 Å². The monoisotopic (exact) mass is 395 g/mol. The number of hydrogen-bond donors (Lipinski definition) is 2. The molecule has 138 valence electrons. The molecule has 2 heterocycles. The lowest BCUT2D eigenvalue weighted by atomic mass is 9.99. The molecule has 1 saturated heterocycles. The zero-order chi connectivity index (χ0) is 16.9. The van der Waals surface area contributed by atoms with Crippen LogP contribution in [0.25, 0.3) is 0 Å². The standard InChI is InChI=1S/C15H25N3O3S2.ClH/c1-12-6-7-14(22-12)23(20,21)18-10-4-5-13(11-18)15(19)17-9-3-2-8-16;/h6-7,13H,2-5,8-11,16H2,1H3,(H,17,19);1H. The number of hydrogen-bond acceptors (Lipinski definition) is 5. The van der Waals surface area contributed by atoms with Gasteiger partial charge in [-0.05, 0) is 51.3 Å². The molecule has 3 N–H and O–H groups in total. The van der Waals surface area contributed by atoms with Crippen LogP contribution >= 0.6 is 23.7 Å². The fraction of sp³-hybridized carbons (Fsp3) is 0.667. The molecule has 1 aromatic rings. The maximum Gasteiger partial charge on any atom is 0.252 e. The Kier molecular flexibility index (Phi) is 8.66. The van der Waals surface area contributed by atoms with E-state index < -0.39 is 10.0 Å². The average Bonchev–Trinajstić information content (AvgIpc) is 2.99. The van der Waals surface area contributed by atoms with Gasteiger partial charge in [-0.1, -0.05) is 0 Å². The maximum atomic E-state index is 12.7. The first-order valence-electron chi connectivity index (χ1n) is 7.99. The summed E-state index contributed by atoms with van der Waals surface area (Å²) in [5.41, 5.74) is 5.43. The molecule has 1 aliphatic heterocycles. The van der Waals surface area contributed by atoms with E-state index in [1.807, 2.05) is 13.0 Å². The van der Waals surface area contributed by atoms with Crippen molar-refractivity contribution < 1.29 is 13.2 Å². The second kappa shape index (κ2) is 9.72. The number of carbonyl (C=O) groups is 1. The van der Waals surface area contributed by atoms with Gasteiger partial charge in [-0.15, -0.1) is 23.7 Å². The number of amides is 1. The van der Waals surface area contributed by atoms with Gasteiger partial charge in [0.2, 0.25) is 5.91 Å². The van der Waals surface area contributed by atoms with Crippen molar-refractivity contribution in [3.63, 3.8) is 0 Å². The van der Waals surface area contributed by atoms with Crippen molar-refractivity contribution in [2.24, 2.45) is 11.7 Å². The van der Waals surface area contributed by atoms with Gasteiger partial charge in [0.05, 0.1) is 5.92 Å². The molecule has 0 saturated carbocycles. The zero-order valence-corrected chi connectivity index (χ0v) is 16.3. The van der Waals surface area contributed by atoms with Crippen LogP contribution in [0.3, 0.4) is 0 Å². The number of nitrogens with one attached hydrogen (secondary N) is 1. The number of nitrogens with zero attached hydrogens (tertiary/aromatic N) is 1. The highest BCUT2D eigenvalue weighted by atomic mass is 35.5. The summed E-state index contributed by atoms with van der Waals surface area (Å²) in [6.45, 7) is 3.85. The number of piperidine rings is 1. The molecule has 9 heteroatoms. The third-order valence-corrected chi connectivity index (χ3v) is 7.33. The van der Waals surface area contributed by atoms with Gasteiger partial charge in [0, 0.05) is 24.5 Å². The minimum absolute atomic E-state index is 0. The van der Waals surface area contributed by atoms with E-state index in [1.165, 1.54) is 15.6 Å². The van der Waals surface area contributed by atoms with Crippen LogP contribution in [0.5, 0.6) is 0 Å². The number of rotatable bonds is 7. The second-order valence-corrected chi connectivity index (χ2v) is 9.31. The van der Waals surface area contributed by atoms with Crippen LogP contribution in [0.1, 0.15) is 30.6 Å².